The van der Waals surface area contributed by atoms with Crippen molar-refractivity contribution in [3.63, 3.8) is 0 Å². The highest BCUT2D eigenvalue weighted by molar-refractivity contribution is 5.53. The zero-order valence-corrected chi connectivity index (χ0v) is 11.9. The highest BCUT2D eigenvalue weighted by Gasteiger charge is 2.38. The van der Waals surface area contributed by atoms with Crippen LogP contribution in [0.5, 0.6) is 5.75 Å². The highest BCUT2D eigenvalue weighted by atomic mass is 16.5. The Bertz CT molecular complexity index is 693. The summed E-state index contributed by atoms with van der Waals surface area (Å²) < 4.78 is 5.85. The molecule has 0 bridgehead atoms. The van der Waals surface area contributed by atoms with Gasteiger partial charge in [-0.3, -0.25) is 0 Å². The second-order valence-electron chi connectivity index (χ2n) is 6.12. The minimum absolute atomic E-state index is 0.366. The number of nitrogen functional groups attached to an aromatic ring is 1. The molecular formula is C18H19NO2. The van der Waals surface area contributed by atoms with Gasteiger partial charge in [-0.05, 0) is 66.6 Å². The SMILES string of the molecule is Nc1ccc2c(c1)CCC2(O)c1cccc(OC2CC2)c1. The lowest BCUT2D eigenvalue weighted by atomic mass is 9.88. The van der Waals surface area contributed by atoms with E-state index in [9.17, 15) is 5.11 Å². The molecule has 1 fully saturated rings. The van der Waals surface area contributed by atoms with Crippen LogP contribution in [0.3, 0.4) is 0 Å². The third-order valence-corrected chi connectivity index (χ3v) is 4.47. The number of anilines is 1. The average molecular weight is 281 g/mol. The summed E-state index contributed by atoms with van der Waals surface area (Å²) in [5.41, 5.74) is 8.69. The summed E-state index contributed by atoms with van der Waals surface area (Å²) in [7, 11) is 0. The molecule has 3 heteroatoms. The van der Waals surface area contributed by atoms with E-state index in [0.29, 0.717) is 12.5 Å². The Kier molecular flexibility index (Phi) is 2.73. The van der Waals surface area contributed by atoms with Crippen molar-refractivity contribution in [3.05, 3.63) is 59.2 Å². The molecule has 0 radical (unpaired) electrons. The van der Waals surface area contributed by atoms with Gasteiger partial charge in [0.05, 0.1) is 6.10 Å². The number of hydrogen-bond donors (Lipinski definition) is 2. The van der Waals surface area contributed by atoms with Crippen LogP contribution in [-0.4, -0.2) is 11.2 Å². The number of aliphatic hydroxyl groups is 1. The van der Waals surface area contributed by atoms with E-state index in [1.54, 1.807) is 0 Å². The Morgan fingerprint density at radius 2 is 2.00 bits per heavy atom. The van der Waals surface area contributed by atoms with Crippen molar-refractivity contribution in [3.8, 4) is 5.75 Å². The average Bonchev–Trinajstić information content (AvgIpc) is 3.23. The summed E-state index contributed by atoms with van der Waals surface area (Å²) in [5.74, 6) is 0.854. The van der Waals surface area contributed by atoms with Gasteiger partial charge in [0.15, 0.2) is 0 Å². The van der Waals surface area contributed by atoms with Crippen molar-refractivity contribution in [1.29, 1.82) is 0 Å². The van der Waals surface area contributed by atoms with E-state index in [2.05, 4.69) is 0 Å². The first kappa shape index (κ1) is 12.7. The Balaban J connectivity index is 1.73. The Hall–Kier alpha value is -2.00. The number of aryl methyl sites for hydroxylation is 1. The Labute approximate surface area is 124 Å². The van der Waals surface area contributed by atoms with Crippen molar-refractivity contribution in [2.75, 3.05) is 5.73 Å². The van der Waals surface area contributed by atoms with Gasteiger partial charge in [-0.25, -0.2) is 0 Å². The molecule has 3 N–H and O–H groups in total. The molecule has 2 aliphatic carbocycles. The number of benzene rings is 2. The van der Waals surface area contributed by atoms with Crippen molar-refractivity contribution < 1.29 is 9.84 Å². The molecule has 0 heterocycles. The van der Waals surface area contributed by atoms with E-state index in [4.69, 9.17) is 10.5 Å². The fourth-order valence-electron chi connectivity index (χ4n) is 3.18. The molecule has 21 heavy (non-hydrogen) atoms. The number of ether oxygens (including phenoxy) is 1. The molecule has 2 aliphatic rings. The molecule has 1 atom stereocenters. The molecule has 0 aliphatic heterocycles. The van der Waals surface area contributed by atoms with Gasteiger partial charge in [-0.15, -0.1) is 0 Å². The number of rotatable bonds is 3. The summed E-state index contributed by atoms with van der Waals surface area (Å²) in [6, 6.07) is 13.7. The van der Waals surface area contributed by atoms with Gasteiger partial charge in [-0.2, -0.15) is 0 Å². The van der Waals surface area contributed by atoms with Gasteiger partial charge >= 0.3 is 0 Å². The standard InChI is InChI=1S/C18H19NO2/c19-14-4-7-17-12(10-14)8-9-18(17,20)13-2-1-3-16(11-13)21-15-5-6-15/h1-4,7,10-11,15,20H,5-6,8-9,19H2. The topological polar surface area (TPSA) is 55.5 Å². The third kappa shape index (κ3) is 2.18. The summed E-state index contributed by atoms with van der Waals surface area (Å²) in [4.78, 5) is 0. The fourth-order valence-corrected chi connectivity index (χ4v) is 3.18. The highest BCUT2D eigenvalue weighted by Crippen LogP contribution is 2.43. The second kappa shape index (κ2) is 4.50. The maximum Gasteiger partial charge on any atom is 0.120 e. The quantitative estimate of drug-likeness (QED) is 0.850. The molecule has 2 aromatic rings. The van der Waals surface area contributed by atoms with E-state index in [1.807, 2.05) is 42.5 Å². The zero-order valence-electron chi connectivity index (χ0n) is 11.9. The molecule has 3 nitrogen and oxygen atoms in total. The molecule has 0 spiro atoms. The van der Waals surface area contributed by atoms with Crippen LogP contribution in [0, 0.1) is 0 Å². The van der Waals surface area contributed by atoms with E-state index in [0.717, 1.165) is 47.4 Å². The summed E-state index contributed by atoms with van der Waals surface area (Å²) in [5, 5.41) is 11.2. The molecule has 108 valence electrons. The molecular weight excluding hydrogens is 262 g/mol. The van der Waals surface area contributed by atoms with Gasteiger partial charge in [0.1, 0.15) is 11.4 Å². The lowest BCUT2D eigenvalue weighted by molar-refractivity contribution is 0.0825. The monoisotopic (exact) mass is 281 g/mol. The summed E-state index contributed by atoms with van der Waals surface area (Å²) in [6.45, 7) is 0. The number of nitrogens with two attached hydrogens (primary N) is 1. The van der Waals surface area contributed by atoms with Gasteiger partial charge in [0.2, 0.25) is 0 Å². The molecule has 0 saturated heterocycles. The fraction of sp³-hybridized carbons (Fsp3) is 0.333. The first-order valence-electron chi connectivity index (χ1n) is 7.54. The van der Waals surface area contributed by atoms with E-state index in [-0.39, 0.29) is 0 Å². The van der Waals surface area contributed by atoms with Crippen LogP contribution in [0.2, 0.25) is 0 Å². The summed E-state index contributed by atoms with van der Waals surface area (Å²) >= 11 is 0. The van der Waals surface area contributed by atoms with Crippen LogP contribution in [-0.2, 0) is 12.0 Å². The van der Waals surface area contributed by atoms with Gasteiger partial charge in [-0.1, -0.05) is 18.2 Å². The zero-order chi connectivity index (χ0) is 14.4. The number of hydrogen-bond acceptors (Lipinski definition) is 3. The normalized spacial score (nSPS) is 23.9. The maximum absolute atomic E-state index is 11.2. The van der Waals surface area contributed by atoms with Crippen molar-refractivity contribution >= 4 is 5.69 Å². The first-order chi connectivity index (χ1) is 10.1. The van der Waals surface area contributed by atoms with Crippen LogP contribution in [0.15, 0.2) is 42.5 Å². The van der Waals surface area contributed by atoms with E-state index in [1.165, 1.54) is 0 Å². The lowest BCUT2D eigenvalue weighted by Crippen LogP contribution is -2.23. The van der Waals surface area contributed by atoms with Crippen molar-refractivity contribution in [2.45, 2.75) is 37.4 Å². The van der Waals surface area contributed by atoms with Gasteiger partial charge in [0.25, 0.3) is 0 Å². The Morgan fingerprint density at radius 1 is 1.14 bits per heavy atom. The van der Waals surface area contributed by atoms with Crippen molar-refractivity contribution in [2.24, 2.45) is 0 Å². The van der Waals surface area contributed by atoms with Crippen LogP contribution in [0.1, 0.15) is 36.0 Å². The molecule has 4 rings (SSSR count). The molecule has 0 aromatic heterocycles. The largest absolute Gasteiger partial charge is 0.490 e. The smallest absolute Gasteiger partial charge is 0.120 e. The van der Waals surface area contributed by atoms with Crippen molar-refractivity contribution in [1.82, 2.24) is 0 Å². The lowest BCUT2D eigenvalue weighted by Gasteiger charge is -2.25. The van der Waals surface area contributed by atoms with E-state index < -0.39 is 5.60 Å². The predicted octanol–water partition coefficient (Wildman–Crippen LogP) is 2.99. The minimum atomic E-state index is -0.925. The number of fused-ring (bicyclic) bond motifs is 1. The maximum atomic E-state index is 11.2. The van der Waals surface area contributed by atoms with Crippen LogP contribution in [0.4, 0.5) is 5.69 Å². The molecule has 2 aromatic carbocycles. The van der Waals surface area contributed by atoms with E-state index >= 15 is 0 Å². The van der Waals surface area contributed by atoms with Gasteiger partial charge < -0.3 is 15.6 Å². The summed E-state index contributed by atoms with van der Waals surface area (Å²) in [6.07, 6.45) is 4.18. The third-order valence-electron chi connectivity index (χ3n) is 4.47. The second-order valence-corrected chi connectivity index (χ2v) is 6.12. The van der Waals surface area contributed by atoms with Gasteiger partial charge in [0, 0.05) is 5.69 Å². The van der Waals surface area contributed by atoms with Crippen LogP contribution < -0.4 is 10.5 Å². The first-order valence-corrected chi connectivity index (χ1v) is 7.54. The Morgan fingerprint density at radius 3 is 2.81 bits per heavy atom. The van der Waals surface area contributed by atoms with Crippen LogP contribution >= 0.6 is 0 Å². The molecule has 1 saturated carbocycles. The molecule has 0 amide bonds. The minimum Gasteiger partial charge on any atom is -0.490 e. The molecule has 1 unspecified atom stereocenters. The van der Waals surface area contributed by atoms with Crippen LogP contribution in [0.25, 0.3) is 0 Å². The predicted molar refractivity (Wildman–Crippen MR) is 82.3 cm³/mol.